The summed E-state index contributed by atoms with van der Waals surface area (Å²) in [5.41, 5.74) is 12.4. The Bertz CT molecular complexity index is 2150. The predicted octanol–water partition coefficient (Wildman–Crippen LogP) is 12.8. The number of rotatable bonds is 8. The van der Waals surface area contributed by atoms with E-state index in [1.807, 2.05) is 30.3 Å². The van der Waals surface area contributed by atoms with E-state index in [1.165, 1.54) is 22.0 Å². The van der Waals surface area contributed by atoms with Crippen LogP contribution in [0.1, 0.15) is 18.2 Å². The van der Waals surface area contributed by atoms with Gasteiger partial charge in [0.15, 0.2) is 0 Å². The first-order valence-corrected chi connectivity index (χ1v) is 15.8. The molecule has 0 radical (unpaired) electrons. The zero-order chi connectivity index (χ0) is 31.5. The molecule has 0 atom stereocenters. The second-order valence-corrected chi connectivity index (χ2v) is 11.6. The van der Waals surface area contributed by atoms with E-state index in [0.29, 0.717) is 5.02 Å². The van der Waals surface area contributed by atoms with E-state index in [0.717, 1.165) is 45.1 Å². The Morgan fingerprint density at radius 2 is 1.15 bits per heavy atom. The summed E-state index contributed by atoms with van der Waals surface area (Å²) in [7, 11) is 0. The number of fused-ring (bicyclic) bond motifs is 1. The molecule has 1 heterocycles. The van der Waals surface area contributed by atoms with Gasteiger partial charge >= 0.3 is 0 Å². The smallest absolute Gasteiger partial charge is 0.0541 e. The van der Waals surface area contributed by atoms with E-state index in [2.05, 4.69) is 163 Å². The summed E-state index contributed by atoms with van der Waals surface area (Å²) in [5, 5.41) is 1.90. The van der Waals surface area contributed by atoms with Crippen molar-refractivity contribution in [1.82, 2.24) is 4.57 Å². The highest BCUT2D eigenvalue weighted by molar-refractivity contribution is 6.30. The number of benzene rings is 6. The van der Waals surface area contributed by atoms with E-state index in [9.17, 15) is 0 Å². The molecule has 0 N–H and O–H groups in total. The molecule has 7 rings (SSSR count). The zero-order valence-electron chi connectivity index (χ0n) is 25.6. The molecule has 46 heavy (non-hydrogen) atoms. The van der Waals surface area contributed by atoms with Crippen LogP contribution in [0.2, 0.25) is 5.02 Å². The molecule has 0 saturated carbocycles. The van der Waals surface area contributed by atoms with Crippen LogP contribution in [-0.2, 0) is 0 Å². The van der Waals surface area contributed by atoms with Crippen LogP contribution in [0.25, 0.3) is 51.0 Å². The highest BCUT2D eigenvalue weighted by Crippen LogP contribution is 2.38. The van der Waals surface area contributed by atoms with Crippen molar-refractivity contribution in [2.24, 2.45) is 0 Å². The lowest BCUT2D eigenvalue weighted by atomic mass is 10.0. The standard InChI is InChI=1S/C43H33ClN2/c1-3-11-42-40(4-2)41-16-8-9-17-43(41)46(42)38-28-22-34(23-29-38)33-20-26-37(27-21-33)45(39-15-10-14-35(44)30-39)36-24-18-32(19-25-36)31-12-6-5-7-13-31/h3-30H,2H2,1H3/b11-3-. The Morgan fingerprint density at radius 3 is 1.74 bits per heavy atom. The van der Waals surface area contributed by atoms with Crippen molar-refractivity contribution in [3.8, 4) is 27.9 Å². The molecule has 2 nitrogen and oxygen atoms in total. The number of anilines is 3. The number of hydrogen-bond acceptors (Lipinski definition) is 1. The second kappa shape index (κ2) is 12.8. The maximum Gasteiger partial charge on any atom is 0.0541 e. The second-order valence-electron chi connectivity index (χ2n) is 11.2. The number of hydrogen-bond donors (Lipinski definition) is 0. The molecule has 1 aromatic heterocycles. The summed E-state index contributed by atoms with van der Waals surface area (Å²) in [4.78, 5) is 2.24. The Hall–Kier alpha value is -5.57. The summed E-state index contributed by atoms with van der Waals surface area (Å²) >= 11 is 6.46. The third kappa shape index (κ3) is 5.56. The molecule has 0 unspecified atom stereocenters. The summed E-state index contributed by atoms with van der Waals surface area (Å²) in [6.07, 6.45) is 6.19. The first kappa shape index (κ1) is 29.2. The fourth-order valence-corrected chi connectivity index (χ4v) is 6.39. The third-order valence-electron chi connectivity index (χ3n) is 8.36. The van der Waals surface area contributed by atoms with Gasteiger partial charge in [0.25, 0.3) is 0 Å². The van der Waals surface area contributed by atoms with Crippen LogP contribution in [0, 0.1) is 0 Å². The first-order valence-electron chi connectivity index (χ1n) is 15.5. The average Bonchev–Trinajstić information content (AvgIpc) is 3.42. The van der Waals surface area contributed by atoms with Gasteiger partial charge in [-0.15, -0.1) is 0 Å². The molecule has 0 fully saturated rings. The molecule has 0 saturated heterocycles. The van der Waals surface area contributed by atoms with Crippen molar-refractivity contribution in [3.05, 3.63) is 181 Å². The average molecular weight is 613 g/mol. The molecule has 0 spiro atoms. The number of halogens is 1. The minimum Gasteiger partial charge on any atom is -0.310 e. The van der Waals surface area contributed by atoms with E-state index in [4.69, 9.17) is 11.6 Å². The lowest BCUT2D eigenvalue weighted by Crippen LogP contribution is -2.09. The SMILES string of the molecule is C=Cc1c(/C=C\C)n(-c2ccc(-c3ccc(N(c4ccc(-c5ccccc5)cc4)c4cccc(Cl)c4)cc3)cc2)c2ccccc12. The monoisotopic (exact) mass is 612 g/mol. The summed E-state index contributed by atoms with van der Waals surface area (Å²) in [6, 6.07) is 53.1. The Morgan fingerprint density at radius 1 is 0.587 bits per heavy atom. The zero-order valence-corrected chi connectivity index (χ0v) is 26.4. The van der Waals surface area contributed by atoms with Crippen molar-refractivity contribution in [2.75, 3.05) is 4.90 Å². The molecule has 0 aliphatic heterocycles. The van der Waals surface area contributed by atoms with Crippen LogP contribution in [0.3, 0.4) is 0 Å². The third-order valence-corrected chi connectivity index (χ3v) is 8.60. The van der Waals surface area contributed by atoms with E-state index in [1.54, 1.807) is 0 Å². The van der Waals surface area contributed by atoms with Gasteiger partial charge in [0.05, 0.1) is 11.2 Å². The minimum absolute atomic E-state index is 0.702. The van der Waals surface area contributed by atoms with Crippen LogP contribution in [-0.4, -0.2) is 4.57 Å². The van der Waals surface area contributed by atoms with Crippen molar-refractivity contribution in [2.45, 2.75) is 6.92 Å². The van der Waals surface area contributed by atoms with E-state index >= 15 is 0 Å². The molecule has 3 heteroatoms. The molecule has 0 amide bonds. The van der Waals surface area contributed by atoms with Gasteiger partial charge in [0.1, 0.15) is 0 Å². The Labute approximate surface area is 275 Å². The van der Waals surface area contributed by atoms with Crippen molar-refractivity contribution >= 4 is 51.7 Å². The molecule has 0 aliphatic carbocycles. The Balaban J connectivity index is 1.22. The van der Waals surface area contributed by atoms with Crippen LogP contribution < -0.4 is 4.90 Å². The van der Waals surface area contributed by atoms with Crippen LogP contribution in [0.5, 0.6) is 0 Å². The van der Waals surface area contributed by atoms with Crippen LogP contribution in [0.4, 0.5) is 17.1 Å². The van der Waals surface area contributed by atoms with Crippen molar-refractivity contribution in [1.29, 1.82) is 0 Å². The predicted molar refractivity (Wildman–Crippen MR) is 199 cm³/mol. The highest BCUT2D eigenvalue weighted by atomic mass is 35.5. The van der Waals surface area contributed by atoms with Gasteiger partial charge in [-0.05, 0) is 95.9 Å². The van der Waals surface area contributed by atoms with Gasteiger partial charge in [-0.2, -0.15) is 0 Å². The van der Waals surface area contributed by atoms with Crippen LogP contribution >= 0.6 is 11.6 Å². The van der Waals surface area contributed by atoms with Gasteiger partial charge in [0.2, 0.25) is 0 Å². The van der Waals surface area contributed by atoms with Gasteiger partial charge in [-0.3, -0.25) is 0 Å². The largest absolute Gasteiger partial charge is 0.310 e. The minimum atomic E-state index is 0.702. The molecule has 0 bridgehead atoms. The summed E-state index contributed by atoms with van der Waals surface area (Å²) in [5.74, 6) is 0. The number of allylic oxidation sites excluding steroid dienone is 1. The maximum atomic E-state index is 6.46. The number of para-hydroxylation sites is 1. The molecule has 0 aliphatic rings. The number of aromatic nitrogens is 1. The van der Waals surface area contributed by atoms with Gasteiger partial charge in [0, 0.05) is 38.7 Å². The van der Waals surface area contributed by atoms with Gasteiger partial charge in [-0.1, -0.05) is 121 Å². The number of nitrogens with zero attached hydrogens (tertiary/aromatic N) is 2. The lowest BCUT2D eigenvalue weighted by molar-refractivity contribution is 1.10. The van der Waals surface area contributed by atoms with Crippen LogP contribution in [0.15, 0.2) is 164 Å². The van der Waals surface area contributed by atoms with E-state index in [-0.39, 0.29) is 0 Å². The highest BCUT2D eigenvalue weighted by Gasteiger charge is 2.16. The van der Waals surface area contributed by atoms with Gasteiger partial charge < -0.3 is 9.47 Å². The van der Waals surface area contributed by atoms with E-state index < -0.39 is 0 Å². The molecular weight excluding hydrogens is 580 g/mol. The first-order chi connectivity index (χ1) is 22.6. The van der Waals surface area contributed by atoms with Crippen molar-refractivity contribution in [3.63, 3.8) is 0 Å². The molecule has 7 aromatic rings. The summed E-state index contributed by atoms with van der Waals surface area (Å²) < 4.78 is 2.31. The molecule has 222 valence electrons. The quantitative estimate of drug-likeness (QED) is 0.166. The summed E-state index contributed by atoms with van der Waals surface area (Å²) in [6.45, 7) is 6.16. The topological polar surface area (TPSA) is 8.17 Å². The lowest BCUT2D eigenvalue weighted by Gasteiger charge is -2.26. The Kier molecular flexibility index (Phi) is 8.12. The van der Waals surface area contributed by atoms with Crippen molar-refractivity contribution < 1.29 is 0 Å². The fraction of sp³-hybridized carbons (Fsp3) is 0.0233. The maximum absolute atomic E-state index is 6.46. The van der Waals surface area contributed by atoms with Gasteiger partial charge in [-0.25, -0.2) is 0 Å². The molecule has 6 aromatic carbocycles. The molecular formula is C43H33ClN2. The fourth-order valence-electron chi connectivity index (χ4n) is 6.20. The normalized spacial score (nSPS) is 11.3.